The molecule has 0 aromatic carbocycles. The van der Waals surface area contributed by atoms with Gasteiger partial charge in [-0.3, -0.25) is 9.78 Å². The van der Waals surface area contributed by atoms with Gasteiger partial charge in [-0.1, -0.05) is 0 Å². The molecule has 4 heterocycles. The molecule has 3 aliphatic carbocycles. The van der Waals surface area contributed by atoms with Crippen LogP contribution in [0.25, 0.3) is 0 Å². The maximum absolute atomic E-state index is 13.1. The molecule has 2 aromatic rings. The first-order chi connectivity index (χ1) is 16.7. The lowest BCUT2D eigenvalue weighted by Gasteiger charge is -2.63. The van der Waals surface area contributed by atoms with E-state index in [2.05, 4.69) is 26.3 Å². The van der Waals surface area contributed by atoms with Gasteiger partial charge in [0, 0.05) is 74.4 Å². The van der Waals surface area contributed by atoms with Crippen LogP contribution in [0.2, 0.25) is 0 Å². The van der Waals surface area contributed by atoms with Crippen LogP contribution in [0.5, 0.6) is 0 Å². The fourth-order valence-corrected chi connectivity index (χ4v) is 7.27. The molecule has 2 aliphatic heterocycles. The van der Waals surface area contributed by atoms with Gasteiger partial charge >= 0.3 is 6.03 Å². The first-order valence-corrected chi connectivity index (χ1v) is 12.5. The van der Waals surface area contributed by atoms with Crippen LogP contribution >= 0.6 is 0 Å². The number of H-pyrrole nitrogens is 1. The summed E-state index contributed by atoms with van der Waals surface area (Å²) in [6.45, 7) is 4.12. The van der Waals surface area contributed by atoms with Gasteiger partial charge in [-0.2, -0.15) is 15.5 Å². The van der Waals surface area contributed by atoms with E-state index in [1.54, 1.807) is 12.4 Å². The SMILES string of the molecule is N#Cc1cnn(CC2CC3(C2)CN(C(=O)N2CC4(CC(c5nc(C6CC(F)(F)C6)n[nH]5)C4)C2)C3)c1. The topological polar surface area (TPSA) is 107 Å². The number of nitrogens with zero attached hydrogens (tertiary/aromatic N) is 7. The van der Waals surface area contributed by atoms with Crippen molar-refractivity contribution in [2.75, 3.05) is 26.2 Å². The Hall–Kier alpha value is -3.03. The fourth-order valence-electron chi connectivity index (χ4n) is 7.27. The summed E-state index contributed by atoms with van der Waals surface area (Å²) < 4.78 is 28.1. The summed E-state index contributed by atoms with van der Waals surface area (Å²) in [6, 6.07) is 2.27. The number of amides is 2. The van der Waals surface area contributed by atoms with Crippen LogP contribution in [0.15, 0.2) is 12.4 Å². The van der Waals surface area contributed by atoms with Crippen molar-refractivity contribution in [3.63, 3.8) is 0 Å². The number of nitrogens with one attached hydrogen (secondary N) is 1. The summed E-state index contributed by atoms with van der Waals surface area (Å²) in [6.07, 6.45) is 7.26. The number of likely N-dealkylation sites (tertiary alicyclic amines) is 2. The van der Waals surface area contributed by atoms with Gasteiger partial charge in [0.15, 0.2) is 5.82 Å². The monoisotopic (exact) mass is 482 g/mol. The van der Waals surface area contributed by atoms with E-state index < -0.39 is 5.92 Å². The zero-order valence-electron chi connectivity index (χ0n) is 19.5. The fraction of sp³-hybridized carbons (Fsp3) is 0.708. The molecule has 5 fully saturated rings. The van der Waals surface area contributed by atoms with Crippen LogP contribution in [0, 0.1) is 28.1 Å². The first-order valence-electron chi connectivity index (χ1n) is 12.5. The second-order valence-electron chi connectivity index (χ2n) is 12.0. The van der Waals surface area contributed by atoms with Crippen molar-refractivity contribution in [3.05, 3.63) is 29.6 Å². The Balaban J connectivity index is 0.840. The minimum Gasteiger partial charge on any atom is -0.323 e. The highest BCUT2D eigenvalue weighted by Gasteiger charge is 2.59. The van der Waals surface area contributed by atoms with Crippen molar-refractivity contribution in [2.45, 2.75) is 62.8 Å². The normalized spacial score (nSPS) is 26.4. The Kier molecular flexibility index (Phi) is 4.26. The first kappa shape index (κ1) is 21.3. The highest BCUT2D eigenvalue weighted by atomic mass is 19.3. The second kappa shape index (κ2) is 7.02. The molecule has 0 radical (unpaired) electrons. The van der Waals surface area contributed by atoms with Gasteiger partial charge in [0.1, 0.15) is 11.9 Å². The Morgan fingerprint density at radius 1 is 1.06 bits per heavy atom. The molecule has 11 heteroatoms. The molecule has 2 amide bonds. The molecule has 1 N–H and O–H groups in total. The molecule has 0 atom stereocenters. The molecule has 0 unspecified atom stereocenters. The average molecular weight is 483 g/mol. The molecular formula is C24H28F2N8O. The number of aromatic amines is 1. The number of rotatable bonds is 4. The predicted molar refractivity (Wildman–Crippen MR) is 118 cm³/mol. The lowest BCUT2D eigenvalue weighted by Crippen LogP contribution is -2.71. The van der Waals surface area contributed by atoms with Crippen molar-refractivity contribution >= 4 is 6.03 Å². The maximum atomic E-state index is 13.1. The van der Waals surface area contributed by atoms with Gasteiger partial charge in [0.2, 0.25) is 5.92 Å². The predicted octanol–water partition coefficient (Wildman–Crippen LogP) is 3.10. The van der Waals surface area contributed by atoms with Crippen molar-refractivity contribution in [2.24, 2.45) is 16.7 Å². The highest BCUT2D eigenvalue weighted by molar-refractivity contribution is 5.77. The molecule has 7 rings (SSSR count). The molecule has 9 nitrogen and oxygen atoms in total. The van der Waals surface area contributed by atoms with Crippen LogP contribution in [0.1, 0.15) is 67.6 Å². The van der Waals surface area contributed by atoms with E-state index in [0.29, 0.717) is 17.3 Å². The van der Waals surface area contributed by atoms with E-state index in [1.807, 2.05) is 14.5 Å². The van der Waals surface area contributed by atoms with Gasteiger partial charge in [0.25, 0.3) is 0 Å². The number of carbonyl (C=O) groups is 1. The minimum atomic E-state index is -2.56. The zero-order valence-corrected chi connectivity index (χ0v) is 19.5. The summed E-state index contributed by atoms with van der Waals surface area (Å²) in [5.41, 5.74) is 1.06. The van der Waals surface area contributed by atoms with Gasteiger partial charge in [0.05, 0.1) is 11.8 Å². The minimum absolute atomic E-state index is 0.151. The standard InChI is InChI=1S/C24H28F2N8O/c25-24(26)5-18(6-24)20-29-19(30-31-20)17-3-23(4-17)13-33(14-23)21(35)32-11-22(12-32)1-15(2-22)9-34-10-16(7-27)8-28-34/h8,10,15,17-18H,1-6,9,11-14H2,(H,29,30,31). The Labute approximate surface area is 201 Å². The summed E-state index contributed by atoms with van der Waals surface area (Å²) >= 11 is 0. The van der Waals surface area contributed by atoms with E-state index >= 15 is 0 Å². The van der Waals surface area contributed by atoms with Crippen molar-refractivity contribution in [3.8, 4) is 6.07 Å². The Bertz CT molecular complexity index is 1190. The van der Waals surface area contributed by atoms with Crippen LogP contribution < -0.4 is 0 Å². The number of halogens is 2. The van der Waals surface area contributed by atoms with Crippen LogP contribution in [-0.2, 0) is 6.54 Å². The molecular weight excluding hydrogens is 454 g/mol. The third-order valence-corrected chi connectivity index (χ3v) is 9.02. The molecule has 5 aliphatic rings. The van der Waals surface area contributed by atoms with Gasteiger partial charge in [-0.25, -0.2) is 18.6 Å². The van der Waals surface area contributed by atoms with Crippen molar-refractivity contribution < 1.29 is 13.6 Å². The second-order valence-corrected chi connectivity index (χ2v) is 12.0. The lowest BCUT2D eigenvalue weighted by atomic mass is 9.57. The molecule has 184 valence electrons. The number of hydrogen-bond acceptors (Lipinski definition) is 5. The smallest absolute Gasteiger partial charge is 0.320 e. The summed E-state index contributed by atoms with van der Waals surface area (Å²) in [5, 5.41) is 20.3. The van der Waals surface area contributed by atoms with Gasteiger partial charge in [-0.15, -0.1) is 0 Å². The van der Waals surface area contributed by atoms with Crippen molar-refractivity contribution in [1.82, 2.24) is 34.8 Å². The van der Waals surface area contributed by atoms with E-state index in [9.17, 15) is 13.6 Å². The summed E-state index contributed by atoms with van der Waals surface area (Å²) in [5.74, 6) is -0.600. The lowest BCUT2D eigenvalue weighted by molar-refractivity contribution is -0.103. The van der Waals surface area contributed by atoms with E-state index in [0.717, 1.165) is 64.2 Å². The molecule has 2 spiro atoms. The summed E-state index contributed by atoms with van der Waals surface area (Å²) in [7, 11) is 0. The quantitative estimate of drug-likeness (QED) is 0.721. The Morgan fingerprint density at radius 2 is 1.71 bits per heavy atom. The number of urea groups is 1. The zero-order chi connectivity index (χ0) is 24.0. The number of nitriles is 1. The van der Waals surface area contributed by atoms with Crippen LogP contribution in [-0.4, -0.2) is 72.9 Å². The molecule has 0 bridgehead atoms. The number of hydrogen-bond donors (Lipinski definition) is 1. The van der Waals surface area contributed by atoms with Gasteiger partial charge in [-0.05, 0) is 31.6 Å². The third kappa shape index (κ3) is 3.44. The molecule has 2 aromatic heterocycles. The molecule has 2 saturated heterocycles. The van der Waals surface area contributed by atoms with E-state index in [-0.39, 0.29) is 41.5 Å². The van der Waals surface area contributed by atoms with Crippen LogP contribution in [0.4, 0.5) is 13.6 Å². The largest absolute Gasteiger partial charge is 0.323 e. The van der Waals surface area contributed by atoms with E-state index in [4.69, 9.17) is 5.26 Å². The highest BCUT2D eigenvalue weighted by Crippen LogP contribution is 2.57. The molecule has 35 heavy (non-hydrogen) atoms. The number of alkyl halides is 2. The maximum Gasteiger partial charge on any atom is 0.320 e. The Morgan fingerprint density at radius 3 is 2.31 bits per heavy atom. The number of carbonyl (C=O) groups excluding carboxylic acids is 1. The molecule has 3 saturated carbocycles. The summed E-state index contributed by atoms with van der Waals surface area (Å²) in [4.78, 5) is 21.4. The van der Waals surface area contributed by atoms with E-state index in [1.165, 1.54) is 0 Å². The van der Waals surface area contributed by atoms with Crippen LogP contribution in [0.3, 0.4) is 0 Å². The van der Waals surface area contributed by atoms with Gasteiger partial charge < -0.3 is 9.80 Å². The number of aromatic nitrogens is 5. The average Bonchev–Trinajstić information content (AvgIpc) is 3.34. The van der Waals surface area contributed by atoms with Crippen molar-refractivity contribution in [1.29, 1.82) is 5.26 Å². The third-order valence-electron chi connectivity index (χ3n) is 9.02.